The first-order chi connectivity index (χ1) is 23.1. The van der Waals surface area contributed by atoms with Gasteiger partial charge in [0.05, 0.1) is 25.4 Å². The van der Waals surface area contributed by atoms with Gasteiger partial charge in [-0.25, -0.2) is 0 Å². The zero-order chi connectivity index (χ0) is 35.0. The summed E-state index contributed by atoms with van der Waals surface area (Å²) >= 11 is 0. The summed E-state index contributed by atoms with van der Waals surface area (Å²) in [4.78, 5) is 37.4. The van der Waals surface area contributed by atoms with Gasteiger partial charge in [-0.3, -0.25) is 9.59 Å². The Labute approximate surface area is 280 Å². The van der Waals surface area contributed by atoms with Crippen molar-refractivity contribution in [3.05, 3.63) is 94.1 Å². The summed E-state index contributed by atoms with van der Waals surface area (Å²) in [7, 11) is 0. The van der Waals surface area contributed by atoms with Crippen molar-refractivity contribution in [2.75, 3.05) is 19.8 Å². The predicted molar refractivity (Wildman–Crippen MR) is 175 cm³/mol. The quantitative estimate of drug-likeness (QED) is 0.0361. The number of unbranched alkanes of at least 4 members (excludes halogenated alkanes) is 2. The summed E-state index contributed by atoms with van der Waals surface area (Å²) < 4.78 is 53.3. The van der Waals surface area contributed by atoms with E-state index in [-0.39, 0.29) is 37.3 Å². The Bertz CT molecular complexity index is 1290. The summed E-state index contributed by atoms with van der Waals surface area (Å²) in [6.45, 7) is 2.57. The number of esters is 2. The van der Waals surface area contributed by atoms with Crippen LogP contribution in [-0.4, -0.2) is 36.8 Å². The molecule has 264 valence electrons. The highest BCUT2D eigenvalue weighted by molar-refractivity contribution is 5.72. The minimum Gasteiger partial charge on any atom is -0.493 e. The third-order valence-electron chi connectivity index (χ3n) is 7.29. The summed E-state index contributed by atoms with van der Waals surface area (Å²) in [6.07, 6.45) is 13.4. The summed E-state index contributed by atoms with van der Waals surface area (Å²) in [5.74, 6) is 0.853. The van der Waals surface area contributed by atoms with Gasteiger partial charge in [-0.15, -0.1) is 10.1 Å². The van der Waals surface area contributed by atoms with E-state index in [1.54, 1.807) is 18.2 Å². The number of ether oxygens (including phenoxy) is 3. The molecule has 1 aliphatic rings. The molecule has 0 amide bonds. The average Bonchev–Trinajstić information content (AvgIpc) is 3.57. The SMILES string of the molecule is C/C=C\CCCC(=O)Oc1ccc(CCOC(=O)CCCCO[N+](=O)[O-])cc1.FC(F)(F)c1cccc(OCC/C=C/C2CCCC2)c1. The lowest BCUT2D eigenvalue weighted by Gasteiger charge is -2.09. The molecule has 1 aliphatic carbocycles. The Kier molecular flexibility index (Phi) is 19.1. The Hall–Kier alpha value is -4.35. The van der Waals surface area contributed by atoms with Crippen LogP contribution in [0.15, 0.2) is 72.8 Å². The van der Waals surface area contributed by atoms with E-state index in [4.69, 9.17) is 14.2 Å². The lowest BCUT2D eigenvalue weighted by Crippen LogP contribution is -2.09. The van der Waals surface area contributed by atoms with Crippen LogP contribution in [0, 0.1) is 16.0 Å². The van der Waals surface area contributed by atoms with E-state index in [0.29, 0.717) is 44.0 Å². The lowest BCUT2D eigenvalue weighted by molar-refractivity contribution is -0.757. The predicted octanol–water partition coefficient (Wildman–Crippen LogP) is 9.02. The average molecular weight is 678 g/mol. The van der Waals surface area contributed by atoms with Gasteiger partial charge in [0.1, 0.15) is 11.5 Å². The maximum absolute atomic E-state index is 12.5. The summed E-state index contributed by atoms with van der Waals surface area (Å²) in [6, 6.07) is 12.1. The van der Waals surface area contributed by atoms with Gasteiger partial charge in [-0.05, 0) is 93.7 Å². The van der Waals surface area contributed by atoms with Gasteiger partial charge in [0.25, 0.3) is 5.09 Å². The smallest absolute Gasteiger partial charge is 0.416 e. The van der Waals surface area contributed by atoms with E-state index in [1.807, 2.05) is 31.2 Å². The summed E-state index contributed by atoms with van der Waals surface area (Å²) in [5.41, 5.74) is 0.288. The first-order valence-corrected chi connectivity index (χ1v) is 16.4. The normalized spacial score (nSPS) is 13.2. The molecule has 1 fully saturated rings. The highest BCUT2D eigenvalue weighted by Gasteiger charge is 2.30. The Morgan fingerprint density at radius 3 is 2.31 bits per heavy atom. The maximum Gasteiger partial charge on any atom is 0.416 e. The number of halogens is 3. The lowest BCUT2D eigenvalue weighted by atomic mass is 10.1. The molecule has 0 atom stereocenters. The molecule has 9 nitrogen and oxygen atoms in total. The van der Waals surface area contributed by atoms with Crippen LogP contribution in [0.25, 0.3) is 0 Å². The first kappa shape index (κ1) is 39.8. The number of alkyl halides is 3. The van der Waals surface area contributed by atoms with Crippen LogP contribution in [0.1, 0.15) is 88.7 Å². The van der Waals surface area contributed by atoms with Crippen molar-refractivity contribution in [2.45, 2.75) is 90.1 Å². The molecule has 0 radical (unpaired) electrons. The van der Waals surface area contributed by atoms with E-state index in [1.165, 1.54) is 31.7 Å². The topological polar surface area (TPSA) is 114 Å². The highest BCUT2D eigenvalue weighted by atomic mass is 19.4. The summed E-state index contributed by atoms with van der Waals surface area (Å²) in [5, 5.41) is 9.12. The molecule has 0 saturated heterocycles. The van der Waals surface area contributed by atoms with E-state index >= 15 is 0 Å². The molecule has 48 heavy (non-hydrogen) atoms. The van der Waals surface area contributed by atoms with Gasteiger partial charge < -0.3 is 19.0 Å². The molecule has 0 heterocycles. The number of nitrogens with zero attached hydrogens (tertiary/aromatic N) is 1. The molecule has 0 aliphatic heterocycles. The molecule has 3 rings (SSSR count). The van der Waals surface area contributed by atoms with Gasteiger partial charge in [0.2, 0.25) is 0 Å². The minimum absolute atomic E-state index is 0.0208. The van der Waals surface area contributed by atoms with Crippen molar-refractivity contribution >= 4 is 11.9 Å². The highest BCUT2D eigenvalue weighted by Crippen LogP contribution is 2.31. The van der Waals surface area contributed by atoms with Crippen molar-refractivity contribution in [3.8, 4) is 11.5 Å². The second-order valence-electron chi connectivity index (χ2n) is 11.2. The van der Waals surface area contributed by atoms with Crippen molar-refractivity contribution in [1.29, 1.82) is 0 Å². The Morgan fingerprint density at radius 1 is 0.896 bits per heavy atom. The second-order valence-corrected chi connectivity index (χ2v) is 11.2. The Balaban J connectivity index is 0.000000351. The van der Waals surface area contributed by atoms with Crippen molar-refractivity contribution in [3.63, 3.8) is 0 Å². The van der Waals surface area contributed by atoms with Gasteiger partial charge in [-0.2, -0.15) is 13.2 Å². The van der Waals surface area contributed by atoms with Crippen LogP contribution in [-0.2, 0) is 31.8 Å². The van der Waals surface area contributed by atoms with Crippen LogP contribution in [0.3, 0.4) is 0 Å². The monoisotopic (exact) mass is 677 g/mol. The molecule has 12 heteroatoms. The van der Waals surface area contributed by atoms with Crippen LogP contribution >= 0.6 is 0 Å². The third-order valence-corrected chi connectivity index (χ3v) is 7.29. The zero-order valence-electron chi connectivity index (χ0n) is 27.5. The van der Waals surface area contributed by atoms with E-state index in [9.17, 15) is 32.9 Å². The minimum atomic E-state index is -4.32. The molecule has 0 bridgehead atoms. The molecular formula is C36H46F3NO8. The fraction of sp³-hybridized carbons (Fsp3) is 0.500. The number of benzene rings is 2. The molecule has 2 aromatic rings. The first-order valence-electron chi connectivity index (χ1n) is 16.4. The van der Waals surface area contributed by atoms with Crippen LogP contribution < -0.4 is 9.47 Å². The third kappa shape index (κ3) is 18.7. The second kappa shape index (κ2) is 23.1. The van der Waals surface area contributed by atoms with Gasteiger partial charge in [0.15, 0.2) is 0 Å². The van der Waals surface area contributed by atoms with Crippen molar-refractivity contribution in [2.24, 2.45) is 5.92 Å². The fourth-order valence-corrected chi connectivity index (χ4v) is 4.75. The van der Waals surface area contributed by atoms with Gasteiger partial charge >= 0.3 is 18.1 Å². The number of allylic oxidation sites excluding steroid dienone is 3. The molecule has 0 aromatic heterocycles. The van der Waals surface area contributed by atoms with E-state index in [2.05, 4.69) is 17.0 Å². The van der Waals surface area contributed by atoms with E-state index < -0.39 is 16.8 Å². The van der Waals surface area contributed by atoms with E-state index in [0.717, 1.165) is 37.0 Å². The van der Waals surface area contributed by atoms with Crippen LogP contribution in [0.4, 0.5) is 13.2 Å². The molecule has 0 unspecified atom stereocenters. The van der Waals surface area contributed by atoms with Crippen molar-refractivity contribution < 1.29 is 46.9 Å². The molecule has 2 aromatic carbocycles. The van der Waals surface area contributed by atoms with Crippen LogP contribution in [0.5, 0.6) is 11.5 Å². The van der Waals surface area contributed by atoms with Gasteiger partial charge in [0, 0.05) is 19.3 Å². The standard InChI is InChI=1S/C20H27NO7.C16H19F3O/c1-2-3-4-5-9-20(23)28-18-12-10-17(11-13-18)14-16-26-19(22)8-6-7-15-27-21(24)25;17-16(18,19)14-9-5-10-15(12-14)20-11-4-3-8-13-6-1-2-7-13/h2-3,10-13H,4-9,14-16H2,1H3;3,5,8-10,12-13H,1-2,4,6-7,11H2/b3-2-;8-3+. The number of hydrogen-bond acceptors (Lipinski definition) is 8. The van der Waals surface area contributed by atoms with Gasteiger partial charge in [-0.1, -0.05) is 55.3 Å². The molecular weight excluding hydrogens is 631 g/mol. The number of carbonyl (C=O) groups is 2. The van der Waals surface area contributed by atoms with Crippen molar-refractivity contribution in [1.82, 2.24) is 0 Å². The van der Waals surface area contributed by atoms with Crippen LogP contribution in [0.2, 0.25) is 0 Å². The zero-order valence-corrected chi connectivity index (χ0v) is 27.5. The Morgan fingerprint density at radius 2 is 1.62 bits per heavy atom. The molecule has 1 saturated carbocycles. The fourth-order valence-electron chi connectivity index (χ4n) is 4.75. The number of carbonyl (C=O) groups excluding carboxylic acids is 2. The maximum atomic E-state index is 12.5. The molecule has 0 N–H and O–H groups in total. The largest absolute Gasteiger partial charge is 0.493 e. The number of hydrogen-bond donors (Lipinski definition) is 0. The number of rotatable bonds is 19. The molecule has 0 spiro atoms.